The van der Waals surface area contributed by atoms with Gasteiger partial charge in [-0.05, 0) is 30.6 Å². The molecule has 2 aliphatic carbocycles. The summed E-state index contributed by atoms with van der Waals surface area (Å²) in [5.74, 6) is 0.798. The highest BCUT2D eigenvalue weighted by molar-refractivity contribution is 9.09. The van der Waals surface area contributed by atoms with Crippen LogP contribution in [0.25, 0.3) is 0 Å². The molecule has 0 spiro atoms. The van der Waals surface area contributed by atoms with Crippen LogP contribution in [0.3, 0.4) is 0 Å². The average Bonchev–Trinajstić information content (AvgIpc) is 2.03. The molecule has 0 aromatic heterocycles. The lowest BCUT2D eigenvalue weighted by molar-refractivity contribution is -0.0233. The van der Waals surface area contributed by atoms with E-state index in [-0.39, 0.29) is 11.5 Å². The highest BCUT2D eigenvalue weighted by Crippen LogP contribution is 2.58. The number of aliphatic hydroxyl groups excluding tert-OH is 1. The van der Waals surface area contributed by atoms with Gasteiger partial charge in [-0.15, -0.1) is 0 Å². The van der Waals surface area contributed by atoms with Crippen LogP contribution in [0.15, 0.2) is 0 Å². The fourth-order valence-electron chi connectivity index (χ4n) is 2.39. The van der Waals surface area contributed by atoms with Gasteiger partial charge in [-0.1, -0.05) is 22.9 Å². The van der Waals surface area contributed by atoms with Crippen molar-refractivity contribution in [3.63, 3.8) is 0 Å². The molecule has 0 aliphatic heterocycles. The number of rotatable bonds is 0. The molecule has 1 nitrogen and oxygen atoms in total. The van der Waals surface area contributed by atoms with Crippen molar-refractivity contribution in [3.05, 3.63) is 0 Å². The minimum atomic E-state index is -0.0914. The van der Waals surface area contributed by atoms with Crippen molar-refractivity contribution in [1.29, 1.82) is 0 Å². The Hall–Kier alpha value is 0.440. The van der Waals surface area contributed by atoms with Crippen LogP contribution < -0.4 is 0 Å². The van der Waals surface area contributed by atoms with Crippen LogP contribution in [0, 0.1) is 11.3 Å². The van der Waals surface area contributed by atoms with Gasteiger partial charge in [-0.2, -0.15) is 0 Å². The summed E-state index contributed by atoms with van der Waals surface area (Å²) in [4.78, 5) is 0.366. The third-order valence-electron chi connectivity index (χ3n) is 3.49. The van der Waals surface area contributed by atoms with Crippen LogP contribution in [0.1, 0.15) is 26.2 Å². The van der Waals surface area contributed by atoms with Crippen LogP contribution >= 0.6 is 15.9 Å². The van der Waals surface area contributed by atoms with E-state index in [2.05, 4.69) is 22.9 Å². The van der Waals surface area contributed by atoms with Gasteiger partial charge in [0.1, 0.15) is 0 Å². The maximum absolute atomic E-state index is 9.70. The van der Waals surface area contributed by atoms with Gasteiger partial charge in [0.25, 0.3) is 0 Å². The summed E-state index contributed by atoms with van der Waals surface area (Å²) in [7, 11) is 0. The topological polar surface area (TPSA) is 20.2 Å². The summed E-state index contributed by atoms with van der Waals surface area (Å²) in [5, 5.41) is 9.70. The van der Waals surface area contributed by atoms with E-state index >= 15 is 0 Å². The van der Waals surface area contributed by atoms with Crippen LogP contribution in [0.2, 0.25) is 0 Å². The van der Waals surface area contributed by atoms with Crippen molar-refractivity contribution in [2.75, 3.05) is 0 Å². The first-order chi connectivity index (χ1) is 4.64. The average molecular weight is 205 g/mol. The molecule has 1 unspecified atom stereocenters. The first kappa shape index (κ1) is 7.11. The smallest absolute Gasteiger partial charge is 0.0721 e. The van der Waals surface area contributed by atoms with E-state index in [1.165, 1.54) is 19.3 Å². The molecular formula is C8H13BrO. The zero-order valence-electron chi connectivity index (χ0n) is 6.18. The Morgan fingerprint density at radius 2 is 2.30 bits per heavy atom. The molecule has 0 amide bonds. The number of halogens is 1. The number of alkyl halides is 1. The Balaban J connectivity index is 2.20. The van der Waals surface area contributed by atoms with Gasteiger partial charge in [-0.25, -0.2) is 0 Å². The van der Waals surface area contributed by atoms with E-state index in [9.17, 15) is 5.11 Å². The lowest BCUT2D eigenvalue weighted by atomic mass is 9.62. The molecule has 4 atom stereocenters. The van der Waals surface area contributed by atoms with Gasteiger partial charge in [0.15, 0.2) is 0 Å². The van der Waals surface area contributed by atoms with E-state index in [1.807, 2.05) is 0 Å². The quantitative estimate of drug-likeness (QED) is 0.599. The molecule has 0 heterocycles. The Kier molecular flexibility index (Phi) is 1.41. The van der Waals surface area contributed by atoms with Crippen molar-refractivity contribution in [2.24, 2.45) is 11.3 Å². The van der Waals surface area contributed by atoms with E-state index in [1.54, 1.807) is 0 Å². The van der Waals surface area contributed by atoms with Crippen LogP contribution in [-0.4, -0.2) is 16.0 Å². The second-order valence-electron chi connectivity index (χ2n) is 3.94. The molecule has 2 saturated carbocycles. The molecule has 0 saturated heterocycles. The molecule has 10 heavy (non-hydrogen) atoms. The predicted octanol–water partition coefficient (Wildman–Crippen LogP) is 1.93. The molecule has 58 valence electrons. The Morgan fingerprint density at radius 3 is 2.50 bits per heavy atom. The molecule has 2 aliphatic rings. The molecular weight excluding hydrogens is 192 g/mol. The largest absolute Gasteiger partial charge is 0.391 e. The fourth-order valence-corrected chi connectivity index (χ4v) is 3.45. The van der Waals surface area contributed by atoms with Crippen molar-refractivity contribution >= 4 is 15.9 Å². The Bertz CT molecular complexity index is 159. The van der Waals surface area contributed by atoms with Crippen molar-refractivity contribution in [2.45, 2.75) is 37.1 Å². The van der Waals surface area contributed by atoms with Crippen molar-refractivity contribution in [1.82, 2.24) is 0 Å². The number of hydrogen-bond acceptors (Lipinski definition) is 1. The van der Waals surface area contributed by atoms with Gasteiger partial charge in [0, 0.05) is 4.83 Å². The number of fused-ring (bicyclic) bond motifs is 1. The van der Waals surface area contributed by atoms with E-state index in [0.29, 0.717) is 4.83 Å². The van der Waals surface area contributed by atoms with E-state index in [0.717, 1.165) is 5.92 Å². The third kappa shape index (κ3) is 0.668. The minimum Gasteiger partial charge on any atom is -0.391 e. The summed E-state index contributed by atoms with van der Waals surface area (Å²) in [5.41, 5.74) is 0.272. The Morgan fingerprint density at radius 1 is 1.60 bits per heavy atom. The Labute approximate surface area is 69.9 Å². The van der Waals surface area contributed by atoms with E-state index in [4.69, 9.17) is 0 Å². The molecule has 0 aromatic carbocycles. The van der Waals surface area contributed by atoms with Gasteiger partial charge in [0.05, 0.1) is 6.10 Å². The number of hydrogen-bond donors (Lipinski definition) is 1. The molecule has 0 bridgehead atoms. The van der Waals surface area contributed by atoms with Gasteiger partial charge >= 0.3 is 0 Å². The number of aliphatic hydroxyl groups is 1. The highest BCUT2D eigenvalue weighted by atomic mass is 79.9. The summed E-state index contributed by atoms with van der Waals surface area (Å²) in [6.45, 7) is 2.22. The zero-order valence-corrected chi connectivity index (χ0v) is 7.76. The monoisotopic (exact) mass is 204 g/mol. The molecule has 2 fully saturated rings. The third-order valence-corrected chi connectivity index (χ3v) is 4.37. The zero-order chi connectivity index (χ0) is 7.35. The standard InChI is InChI=1S/C8H13BrO/c1-8-3-2-5(8)4-6(9)7(8)10/h5-7,10H,2-4H2,1H3/t5?,6-,7-,8-/m1/s1. The molecule has 2 rings (SSSR count). The summed E-state index contributed by atoms with van der Waals surface area (Å²) in [6, 6.07) is 0. The maximum Gasteiger partial charge on any atom is 0.0721 e. The van der Waals surface area contributed by atoms with Crippen LogP contribution in [-0.2, 0) is 0 Å². The molecule has 0 aromatic rings. The highest BCUT2D eigenvalue weighted by Gasteiger charge is 2.55. The minimum absolute atomic E-state index is 0.0914. The normalized spacial score (nSPS) is 59.7. The van der Waals surface area contributed by atoms with Gasteiger partial charge in [0.2, 0.25) is 0 Å². The second kappa shape index (κ2) is 1.98. The molecule has 1 N–H and O–H groups in total. The summed E-state index contributed by atoms with van der Waals surface area (Å²) < 4.78 is 0. The molecule has 0 radical (unpaired) electrons. The van der Waals surface area contributed by atoms with Crippen molar-refractivity contribution in [3.8, 4) is 0 Å². The molecule has 2 heteroatoms. The first-order valence-electron chi connectivity index (χ1n) is 3.97. The van der Waals surface area contributed by atoms with Gasteiger partial charge < -0.3 is 5.11 Å². The SMILES string of the molecule is C[C@@]12CCC1C[C@@H](Br)[C@H]2O. The predicted molar refractivity (Wildman–Crippen MR) is 44.2 cm³/mol. The maximum atomic E-state index is 9.70. The van der Waals surface area contributed by atoms with E-state index < -0.39 is 0 Å². The van der Waals surface area contributed by atoms with Crippen LogP contribution in [0.5, 0.6) is 0 Å². The van der Waals surface area contributed by atoms with Crippen LogP contribution in [0.4, 0.5) is 0 Å². The summed E-state index contributed by atoms with van der Waals surface area (Å²) >= 11 is 3.51. The lowest BCUT2D eigenvalue weighted by Crippen LogP contribution is -2.41. The van der Waals surface area contributed by atoms with Gasteiger partial charge in [-0.3, -0.25) is 0 Å². The fraction of sp³-hybridized carbons (Fsp3) is 1.00. The summed E-state index contributed by atoms with van der Waals surface area (Å²) in [6.07, 6.45) is 3.64. The lowest BCUT2D eigenvalue weighted by Gasteiger charge is -2.44. The van der Waals surface area contributed by atoms with Crippen molar-refractivity contribution < 1.29 is 5.11 Å². The first-order valence-corrected chi connectivity index (χ1v) is 4.88. The second-order valence-corrected chi connectivity index (χ2v) is 5.11.